The van der Waals surface area contributed by atoms with Crippen LogP contribution in [0.15, 0.2) is 42.2 Å². The molecule has 2 N–H and O–H groups in total. The lowest BCUT2D eigenvalue weighted by Gasteiger charge is -2.23. The Morgan fingerprint density at radius 3 is 3.00 bits per heavy atom. The van der Waals surface area contributed by atoms with Crippen LogP contribution in [0.4, 0.5) is 0 Å². The average molecular weight is 248 g/mol. The number of hydrogen-bond donors (Lipinski definition) is 2. The van der Waals surface area contributed by atoms with Crippen molar-refractivity contribution < 1.29 is 19.7 Å². The first-order chi connectivity index (χ1) is 8.67. The Labute approximate surface area is 106 Å². The maximum absolute atomic E-state index is 9.47. The standard InChI is InChI=1S/C14H16O4/c1-17-13-8-12(18-14(16)9-13)6-5-10-3-2-4-11(15)7-10/h2-7,9,12,14-16H,8H2,1H3/b6-5+. The zero-order valence-electron chi connectivity index (χ0n) is 10.1. The van der Waals surface area contributed by atoms with Crippen molar-refractivity contribution in [1.82, 2.24) is 0 Å². The predicted octanol–water partition coefficient (Wildman–Crippen LogP) is 2.04. The van der Waals surface area contributed by atoms with E-state index in [1.807, 2.05) is 18.2 Å². The highest BCUT2D eigenvalue weighted by molar-refractivity contribution is 5.52. The smallest absolute Gasteiger partial charge is 0.178 e. The van der Waals surface area contributed by atoms with Gasteiger partial charge in [-0.05, 0) is 17.7 Å². The van der Waals surface area contributed by atoms with E-state index in [1.54, 1.807) is 31.4 Å². The molecule has 4 nitrogen and oxygen atoms in total. The fourth-order valence-electron chi connectivity index (χ4n) is 1.80. The van der Waals surface area contributed by atoms with E-state index in [0.29, 0.717) is 12.2 Å². The van der Waals surface area contributed by atoms with Crippen LogP contribution in [-0.2, 0) is 9.47 Å². The first-order valence-electron chi connectivity index (χ1n) is 5.73. The molecule has 96 valence electrons. The van der Waals surface area contributed by atoms with E-state index in [9.17, 15) is 10.2 Å². The number of aliphatic hydroxyl groups is 1. The van der Waals surface area contributed by atoms with E-state index in [-0.39, 0.29) is 11.9 Å². The zero-order chi connectivity index (χ0) is 13.0. The zero-order valence-corrected chi connectivity index (χ0v) is 10.1. The quantitative estimate of drug-likeness (QED) is 0.859. The van der Waals surface area contributed by atoms with E-state index in [4.69, 9.17) is 9.47 Å². The monoisotopic (exact) mass is 248 g/mol. The summed E-state index contributed by atoms with van der Waals surface area (Å²) in [5, 5.41) is 18.8. The fraction of sp³-hybridized carbons (Fsp3) is 0.286. The summed E-state index contributed by atoms with van der Waals surface area (Å²) in [6.45, 7) is 0. The van der Waals surface area contributed by atoms with Gasteiger partial charge in [-0.1, -0.05) is 24.3 Å². The lowest BCUT2D eigenvalue weighted by atomic mass is 10.1. The topological polar surface area (TPSA) is 58.9 Å². The maximum atomic E-state index is 9.47. The highest BCUT2D eigenvalue weighted by atomic mass is 16.6. The van der Waals surface area contributed by atoms with Crippen molar-refractivity contribution in [3.05, 3.63) is 47.7 Å². The third-order valence-corrected chi connectivity index (χ3v) is 2.68. The molecule has 0 aromatic heterocycles. The van der Waals surface area contributed by atoms with Crippen LogP contribution in [-0.4, -0.2) is 29.7 Å². The molecule has 0 saturated carbocycles. The van der Waals surface area contributed by atoms with Crippen LogP contribution in [0.2, 0.25) is 0 Å². The summed E-state index contributed by atoms with van der Waals surface area (Å²) < 4.78 is 10.4. The lowest BCUT2D eigenvalue weighted by molar-refractivity contribution is -0.103. The summed E-state index contributed by atoms with van der Waals surface area (Å²) in [7, 11) is 1.57. The van der Waals surface area contributed by atoms with Gasteiger partial charge in [0.1, 0.15) is 5.75 Å². The molecular formula is C14H16O4. The Kier molecular flexibility index (Phi) is 4.02. The van der Waals surface area contributed by atoms with Gasteiger partial charge in [-0.15, -0.1) is 0 Å². The number of aromatic hydroxyl groups is 1. The van der Waals surface area contributed by atoms with Gasteiger partial charge in [0, 0.05) is 12.5 Å². The van der Waals surface area contributed by atoms with Gasteiger partial charge in [0.05, 0.1) is 19.0 Å². The summed E-state index contributed by atoms with van der Waals surface area (Å²) >= 11 is 0. The van der Waals surface area contributed by atoms with E-state index < -0.39 is 6.29 Å². The Morgan fingerprint density at radius 2 is 2.28 bits per heavy atom. The molecule has 1 aliphatic heterocycles. The minimum Gasteiger partial charge on any atom is -0.508 e. The third kappa shape index (κ3) is 3.35. The Morgan fingerprint density at radius 1 is 1.44 bits per heavy atom. The van der Waals surface area contributed by atoms with Crippen molar-refractivity contribution in [2.24, 2.45) is 0 Å². The number of phenolic OH excluding ortho intramolecular Hbond substituents is 1. The molecule has 2 unspecified atom stereocenters. The second kappa shape index (κ2) is 5.71. The summed E-state index contributed by atoms with van der Waals surface area (Å²) in [5.41, 5.74) is 0.876. The van der Waals surface area contributed by atoms with Crippen LogP contribution in [0.3, 0.4) is 0 Å². The fourth-order valence-corrected chi connectivity index (χ4v) is 1.80. The molecule has 2 rings (SSSR count). The molecule has 0 bridgehead atoms. The number of methoxy groups -OCH3 is 1. The van der Waals surface area contributed by atoms with Gasteiger partial charge in [-0.2, -0.15) is 0 Å². The van der Waals surface area contributed by atoms with Gasteiger partial charge in [-0.3, -0.25) is 0 Å². The van der Waals surface area contributed by atoms with Gasteiger partial charge in [0.25, 0.3) is 0 Å². The first-order valence-corrected chi connectivity index (χ1v) is 5.73. The average Bonchev–Trinajstić information content (AvgIpc) is 2.36. The number of hydrogen-bond acceptors (Lipinski definition) is 4. The van der Waals surface area contributed by atoms with Crippen LogP contribution in [0.5, 0.6) is 5.75 Å². The number of ether oxygens (including phenoxy) is 2. The number of aliphatic hydroxyl groups excluding tert-OH is 1. The highest BCUT2D eigenvalue weighted by Crippen LogP contribution is 2.20. The normalized spacial score (nSPS) is 24.0. The van der Waals surface area contributed by atoms with Crippen molar-refractivity contribution >= 4 is 6.08 Å². The molecule has 2 atom stereocenters. The van der Waals surface area contributed by atoms with Gasteiger partial charge in [0.2, 0.25) is 0 Å². The van der Waals surface area contributed by atoms with Crippen LogP contribution >= 0.6 is 0 Å². The van der Waals surface area contributed by atoms with Crippen molar-refractivity contribution in [3.63, 3.8) is 0 Å². The largest absolute Gasteiger partial charge is 0.508 e. The van der Waals surface area contributed by atoms with Crippen molar-refractivity contribution in [1.29, 1.82) is 0 Å². The van der Waals surface area contributed by atoms with E-state index in [0.717, 1.165) is 5.56 Å². The van der Waals surface area contributed by atoms with E-state index in [2.05, 4.69) is 0 Å². The van der Waals surface area contributed by atoms with Crippen LogP contribution in [0, 0.1) is 0 Å². The van der Waals surface area contributed by atoms with Crippen molar-refractivity contribution in [3.8, 4) is 5.75 Å². The number of rotatable bonds is 3. The van der Waals surface area contributed by atoms with Gasteiger partial charge < -0.3 is 19.7 Å². The SMILES string of the molecule is COC1=CC(O)OC(/C=C/c2cccc(O)c2)C1. The number of phenols is 1. The minimum atomic E-state index is -0.937. The first kappa shape index (κ1) is 12.7. The molecule has 0 spiro atoms. The van der Waals surface area contributed by atoms with Crippen LogP contribution < -0.4 is 0 Å². The van der Waals surface area contributed by atoms with Gasteiger partial charge >= 0.3 is 0 Å². The molecule has 1 aliphatic rings. The second-order valence-electron chi connectivity index (χ2n) is 4.06. The molecule has 0 radical (unpaired) electrons. The Balaban J connectivity index is 2.04. The summed E-state index contributed by atoms with van der Waals surface area (Å²) in [6, 6.07) is 6.92. The molecular weight excluding hydrogens is 232 g/mol. The van der Waals surface area contributed by atoms with Gasteiger partial charge in [0.15, 0.2) is 6.29 Å². The summed E-state index contributed by atoms with van der Waals surface area (Å²) in [4.78, 5) is 0. The maximum Gasteiger partial charge on any atom is 0.178 e. The molecule has 1 aromatic rings. The lowest BCUT2D eigenvalue weighted by Crippen LogP contribution is -2.24. The molecule has 18 heavy (non-hydrogen) atoms. The van der Waals surface area contributed by atoms with E-state index in [1.165, 1.54) is 0 Å². The summed E-state index contributed by atoms with van der Waals surface area (Å²) in [6.07, 6.45) is 4.64. The Hall–Kier alpha value is -1.78. The third-order valence-electron chi connectivity index (χ3n) is 2.68. The molecule has 0 fully saturated rings. The highest BCUT2D eigenvalue weighted by Gasteiger charge is 2.19. The second-order valence-corrected chi connectivity index (χ2v) is 4.06. The van der Waals surface area contributed by atoms with Crippen molar-refractivity contribution in [2.45, 2.75) is 18.8 Å². The number of benzene rings is 1. The molecule has 1 aromatic carbocycles. The molecule has 0 saturated heterocycles. The predicted molar refractivity (Wildman–Crippen MR) is 67.7 cm³/mol. The van der Waals surface area contributed by atoms with Crippen molar-refractivity contribution in [2.75, 3.05) is 7.11 Å². The molecule has 4 heteroatoms. The molecule has 0 amide bonds. The van der Waals surface area contributed by atoms with Gasteiger partial charge in [-0.25, -0.2) is 0 Å². The Bertz CT molecular complexity index is 465. The molecule has 0 aliphatic carbocycles. The van der Waals surface area contributed by atoms with Crippen LogP contribution in [0.1, 0.15) is 12.0 Å². The minimum absolute atomic E-state index is 0.222. The van der Waals surface area contributed by atoms with Crippen LogP contribution in [0.25, 0.3) is 6.08 Å². The molecule has 1 heterocycles. The summed E-state index contributed by atoms with van der Waals surface area (Å²) in [5.74, 6) is 0.929. The van der Waals surface area contributed by atoms with E-state index >= 15 is 0 Å².